The lowest BCUT2D eigenvalue weighted by atomic mass is 10.2. The summed E-state index contributed by atoms with van der Waals surface area (Å²) in [7, 11) is 0. The molecule has 3 aromatic heterocycles. The van der Waals surface area contributed by atoms with Gasteiger partial charge in [0.2, 0.25) is 0 Å². The topological polar surface area (TPSA) is 60.9 Å². The second-order valence-corrected chi connectivity index (χ2v) is 5.16. The number of furan rings is 1. The van der Waals surface area contributed by atoms with Crippen LogP contribution in [-0.2, 0) is 0 Å². The van der Waals surface area contributed by atoms with Gasteiger partial charge in [-0.15, -0.1) is 0 Å². The van der Waals surface area contributed by atoms with E-state index in [4.69, 9.17) is 4.42 Å². The van der Waals surface area contributed by atoms with Crippen molar-refractivity contribution in [1.29, 1.82) is 0 Å². The van der Waals surface area contributed by atoms with Crippen LogP contribution in [0.4, 0.5) is 0 Å². The number of rotatable bonds is 3. The zero-order chi connectivity index (χ0) is 14.1. The van der Waals surface area contributed by atoms with Crippen LogP contribution in [0.1, 0.15) is 16.1 Å². The van der Waals surface area contributed by atoms with E-state index in [9.17, 15) is 4.79 Å². The fourth-order valence-electron chi connectivity index (χ4n) is 1.85. The van der Waals surface area contributed by atoms with Crippen LogP contribution in [0.25, 0.3) is 17.3 Å². The Bertz CT molecular complexity index is 759. The quantitative estimate of drug-likeness (QED) is 0.690. The van der Waals surface area contributed by atoms with Crippen molar-refractivity contribution in [3.05, 3.63) is 52.5 Å². The number of aromatic nitrogens is 3. The summed E-state index contributed by atoms with van der Waals surface area (Å²) in [6.45, 7) is 1.84. The molecule has 0 bridgehead atoms. The number of carbonyl (C=O) groups is 1. The molecule has 6 heteroatoms. The molecular formula is C14H10BrN3O2. The molecule has 0 fully saturated rings. The zero-order valence-corrected chi connectivity index (χ0v) is 12.2. The molecule has 0 aliphatic heterocycles. The number of nitrogens with zero attached hydrogens (tertiary/aromatic N) is 3. The number of hydrogen-bond donors (Lipinski definition) is 0. The third-order valence-electron chi connectivity index (χ3n) is 2.79. The minimum absolute atomic E-state index is 0.462. The number of pyridine rings is 1. The molecule has 0 aliphatic carbocycles. The van der Waals surface area contributed by atoms with Gasteiger partial charge in [-0.3, -0.25) is 4.79 Å². The van der Waals surface area contributed by atoms with Gasteiger partial charge in [0.25, 0.3) is 0 Å². The predicted molar refractivity (Wildman–Crippen MR) is 76.9 cm³/mol. The molecular weight excluding hydrogens is 322 g/mol. The third-order valence-corrected chi connectivity index (χ3v) is 3.26. The molecule has 0 aliphatic rings. The van der Waals surface area contributed by atoms with Gasteiger partial charge < -0.3 is 4.42 Å². The van der Waals surface area contributed by atoms with Crippen molar-refractivity contribution in [1.82, 2.24) is 14.8 Å². The Hall–Kier alpha value is -2.21. The second-order valence-electron chi connectivity index (χ2n) is 4.24. The SMILES string of the molecule is Cc1ccc(-c2nn(-c3ccc(Br)cn3)cc2C=O)o1. The Balaban J connectivity index is 2.09. The van der Waals surface area contributed by atoms with Crippen molar-refractivity contribution in [2.75, 3.05) is 0 Å². The molecule has 0 N–H and O–H groups in total. The molecule has 0 unspecified atom stereocenters. The van der Waals surface area contributed by atoms with Crippen molar-refractivity contribution in [2.45, 2.75) is 6.92 Å². The molecule has 0 saturated heterocycles. The highest BCUT2D eigenvalue weighted by Gasteiger charge is 2.15. The summed E-state index contributed by atoms with van der Waals surface area (Å²) < 4.78 is 7.96. The minimum Gasteiger partial charge on any atom is -0.460 e. The normalized spacial score (nSPS) is 10.7. The minimum atomic E-state index is 0.462. The molecule has 0 spiro atoms. The van der Waals surface area contributed by atoms with Crippen LogP contribution >= 0.6 is 15.9 Å². The van der Waals surface area contributed by atoms with Crippen LogP contribution < -0.4 is 0 Å². The highest BCUT2D eigenvalue weighted by molar-refractivity contribution is 9.10. The van der Waals surface area contributed by atoms with Crippen LogP contribution in [0.15, 0.2) is 45.5 Å². The number of halogens is 1. The maximum absolute atomic E-state index is 11.2. The first-order valence-corrected chi connectivity index (χ1v) is 6.70. The van der Waals surface area contributed by atoms with Gasteiger partial charge in [-0.1, -0.05) is 0 Å². The van der Waals surface area contributed by atoms with Gasteiger partial charge in [-0.2, -0.15) is 5.10 Å². The molecule has 100 valence electrons. The Morgan fingerprint density at radius 3 is 2.75 bits per heavy atom. The van der Waals surface area contributed by atoms with Crippen molar-refractivity contribution in [3.8, 4) is 17.3 Å². The van der Waals surface area contributed by atoms with Crippen LogP contribution in [0.5, 0.6) is 0 Å². The van der Waals surface area contributed by atoms with E-state index in [1.54, 1.807) is 23.1 Å². The highest BCUT2D eigenvalue weighted by atomic mass is 79.9. The van der Waals surface area contributed by atoms with Gasteiger partial charge in [0, 0.05) is 16.9 Å². The molecule has 0 amide bonds. The van der Waals surface area contributed by atoms with Crippen molar-refractivity contribution >= 4 is 22.2 Å². The standard InChI is InChI=1S/C14H10BrN3O2/c1-9-2-4-12(20-9)14-10(8-19)7-18(17-14)13-5-3-11(15)6-16-13/h2-8H,1H3. The number of aldehydes is 1. The maximum atomic E-state index is 11.2. The van der Waals surface area contributed by atoms with E-state index >= 15 is 0 Å². The van der Waals surface area contributed by atoms with E-state index in [0.717, 1.165) is 16.5 Å². The third kappa shape index (κ3) is 2.30. The largest absolute Gasteiger partial charge is 0.460 e. The van der Waals surface area contributed by atoms with E-state index < -0.39 is 0 Å². The zero-order valence-electron chi connectivity index (χ0n) is 10.6. The van der Waals surface area contributed by atoms with Gasteiger partial charge in [0.1, 0.15) is 11.5 Å². The van der Waals surface area contributed by atoms with Crippen LogP contribution in [0.3, 0.4) is 0 Å². The lowest BCUT2D eigenvalue weighted by molar-refractivity contribution is 0.112. The molecule has 0 radical (unpaired) electrons. The first kappa shape index (κ1) is 12.8. The lowest BCUT2D eigenvalue weighted by Gasteiger charge is -1.99. The lowest BCUT2D eigenvalue weighted by Crippen LogP contribution is -1.97. The van der Waals surface area contributed by atoms with Crippen LogP contribution in [0.2, 0.25) is 0 Å². The first-order chi connectivity index (χ1) is 9.67. The smallest absolute Gasteiger partial charge is 0.155 e. The van der Waals surface area contributed by atoms with Crippen molar-refractivity contribution in [3.63, 3.8) is 0 Å². The van der Waals surface area contributed by atoms with E-state index in [-0.39, 0.29) is 0 Å². The van der Waals surface area contributed by atoms with Gasteiger partial charge in [-0.05, 0) is 47.1 Å². The average molecular weight is 332 g/mol. The number of aryl methyl sites for hydroxylation is 1. The average Bonchev–Trinajstić information content (AvgIpc) is 3.05. The fraction of sp³-hybridized carbons (Fsp3) is 0.0714. The highest BCUT2D eigenvalue weighted by Crippen LogP contribution is 2.24. The summed E-state index contributed by atoms with van der Waals surface area (Å²) in [4.78, 5) is 15.4. The Morgan fingerprint density at radius 1 is 1.30 bits per heavy atom. The summed E-state index contributed by atoms with van der Waals surface area (Å²) >= 11 is 3.33. The van der Waals surface area contributed by atoms with Gasteiger partial charge in [-0.25, -0.2) is 9.67 Å². The maximum Gasteiger partial charge on any atom is 0.155 e. The molecule has 0 aromatic carbocycles. The Morgan fingerprint density at radius 2 is 2.15 bits per heavy atom. The monoisotopic (exact) mass is 331 g/mol. The number of carbonyl (C=O) groups excluding carboxylic acids is 1. The molecule has 3 aromatic rings. The van der Waals surface area contributed by atoms with E-state index in [1.807, 2.05) is 25.1 Å². The predicted octanol–water partition coefficient (Wildman–Crippen LogP) is 3.41. The van der Waals surface area contributed by atoms with Gasteiger partial charge in [0.05, 0.1) is 5.56 Å². The summed E-state index contributed by atoms with van der Waals surface area (Å²) in [5.41, 5.74) is 0.974. The summed E-state index contributed by atoms with van der Waals surface area (Å²) in [5.74, 6) is 1.97. The number of hydrogen-bond acceptors (Lipinski definition) is 4. The molecule has 3 heterocycles. The van der Waals surface area contributed by atoms with Crippen LogP contribution in [-0.4, -0.2) is 21.1 Å². The molecule has 3 rings (SSSR count). The van der Waals surface area contributed by atoms with E-state index in [1.165, 1.54) is 0 Å². The van der Waals surface area contributed by atoms with E-state index in [2.05, 4.69) is 26.0 Å². The summed E-state index contributed by atoms with van der Waals surface area (Å²) in [6.07, 6.45) is 4.07. The second kappa shape index (κ2) is 5.05. The molecule has 0 saturated carbocycles. The van der Waals surface area contributed by atoms with Crippen molar-refractivity contribution < 1.29 is 9.21 Å². The van der Waals surface area contributed by atoms with Gasteiger partial charge in [0.15, 0.2) is 17.9 Å². The molecule has 20 heavy (non-hydrogen) atoms. The summed E-state index contributed by atoms with van der Waals surface area (Å²) in [6, 6.07) is 7.30. The molecule has 0 atom stereocenters. The first-order valence-electron chi connectivity index (χ1n) is 5.91. The van der Waals surface area contributed by atoms with E-state index in [0.29, 0.717) is 22.8 Å². The Labute approximate surface area is 123 Å². The Kier molecular flexibility index (Phi) is 3.23. The van der Waals surface area contributed by atoms with Gasteiger partial charge >= 0.3 is 0 Å². The van der Waals surface area contributed by atoms with Crippen molar-refractivity contribution in [2.24, 2.45) is 0 Å². The summed E-state index contributed by atoms with van der Waals surface area (Å²) in [5, 5.41) is 4.38. The fourth-order valence-corrected chi connectivity index (χ4v) is 2.08. The van der Waals surface area contributed by atoms with Crippen LogP contribution in [0, 0.1) is 6.92 Å². The molecule has 5 nitrogen and oxygen atoms in total.